The highest BCUT2D eigenvalue weighted by molar-refractivity contribution is 5.96. The second kappa shape index (κ2) is 9.80. The zero-order valence-corrected chi connectivity index (χ0v) is 18.6. The molecule has 36 heavy (non-hydrogen) atoms. The number of alkyl halides is 3. The highest BCUT2D eigenvalue weighted by Crippen LogP contribution is 2.35. The molecule has 2 amide bonds. The monoisotopic (exact) mass is 504 g/mol. The topological polar surface area (TPSA) is 95.7 Å². The zero-order chi connectivity index (χ0) is 26.0. The summed E-state index contributed by atoms with van der Waals surface area (Å²) in [5.74, 6) is -3.72. The molecule has 8 nitrogen and oxygen atoms in total. The van der Waals surface area contributed by atoms with E-state index in [1.165, 1.54) is 12.1 Å². The van der Waals surface area contributed by atoms with E-state index in [2.05, 4.69) is 4.98 Å². The number of carbonyl (C=O) groups excluding carboxylic acids is 2. The molecule has 2 unspecified atom stereocenters. The van der Waals surface area contributed by atoms with Crippen LogP contribution in [0.2, 0.25) is 0 Å². The van der Waals surface area contributed by atoms with Crippen molar-refractivity contribution in [3.63, 3.8) is 0 Å². The third-order valence-electron chi connectivity index (χ3n) is 5.97. The van der Waals surface area contributed by atoms with Crippen LogP contribution in [0.1, 0.15) is 32.6 Å². The maximum atomic E-state index is 14.2. The minimum absolute atomic E-state index is 0.0569. The van der Waals surface area contributed by atoms with Gasteiger partial charge in [0.1, 0.15) is 11.5 Å². The van der Waals surface area contributed by atoms with E-state index in [1.54, 1.807) is 34.2 Å². The van der Waals surface area contributed by atoms with Crippen molar-refractivity contribution in [2.24, 2.45) is 0 Å². The third-order valence-corrected chi connectivity index (χ3v) is 5.97. The number of hydrogen-bond acceptors (Lipinski definition) is 4. The molecule has 1 aromatic carbocycles. The summed E-state index contributed by atoms with van der Waals surface area (Å²) in [4.78, 5) is 42.8. The van der Waals surface area contributed by atoms with Gasteiger partial charge in [0.2, 0.25) is 0 Å². The van der Waals surface area contributed by atoms with Crippen molar-refractivity contribution in [3.8, 4) is 0 Å². The van der Waals surface area contributed by atoms with Crippen LogP contribution in [0.15, 0.2) is 67.0 Å². The first-order chi connectivity index (χ1) is 17.1. The summed E-state index contributed by atoms with van der Waals surface area (Å²) in [6, 6.07) is 15.0. The smallest absolute Gasteiger partial charge is 0.475 e. The summed E-state index contributed by atoms with van der Waals surface area (Å²) in [5, 5.41) is 7.12. The Hall–Kier alpha value is -4.22. The molecule has 0 radical (unpaired) electrons. The van der Waals surface area contributed by atoms with Gasteiger partial charge in [0.25, 0.3) is 11.8 Å². The highest BCUT2D eigenvalue weighted by Gasteiger charge is 2.46. The molecule has 2 aromatic heterocycles. The second-order valence-electron chi connectivity index (χ2n) is 8.18. The van der Waals surface area contributed by atoms with Crippen LogP contribution in [0.25, 0.3) is 0 Å². The molecule has 2 aliphatic heterocycles. The van der Waals surface area contributed by atoms with Gasteiger partial charge in [-0.15, -0.1) is 0 Å². The van der Waals surface area contributed by atoms with Crippen molar-refractivity contribution in [3.05, 3.63) is 89.8 Å². The van der Waals surface area contributed by atoms with Crippen LogP contribution < -0.4 is 0 Å². The Kier molecular flexibility index (Phi) is 6.77. The molecule has 1 N–H and O–H groups in total. The third kappa shape index (κ3) is 4.92. The number of halogens is 4. The molecule has 0 spiro atoms. The van der Waals surface area contributed by atoms with Gasteiger partial charge in [-0.05, 0) is 36.4 Å². The van der Waals surface area contributed by atoms with Crippen LogP contribution in [0.4, 0.5) is 17.6 Å². The lowest BCUT2D eigenvalue weighted by atomic mass is 10.1. The number of nitrogens with zero attached hydrogens (tertiary/aromatic N) is 4. The molecule has 0 bridgehead atoms. The Labute approximate surface area is 202 Å². The van der Waals surface area contributed by atoms with E-state index in [-0.39, 0.29) is 29.5 Å². The van der Waals surface area contributed by atoms with E-state index in [0.29, 0.717) is 25.3 Å². The molecule has 1 saturated heterocycles. The molecular weight excluding hydrogens is 484 g/mol. The minimum atomic E-state index is -5.08. The molecular formula is C24H20F4N4O4. The van der Waals surface area contributed by atoms with Crippen molar-refractivity contribution in [1.29, 1.82) is 0 Å². The maximum absolute atomic E-state index is 14.2. The molecule has 3 aromatic rings. The van der Waals surface area contributed by atoms with Crippen LogP contribution in [-0.2, 0) is 11.3 Å². The average molecular weight is 504 g/mol. The minimum Gasteiger partial charge on any atom is -0.475 e. The number of carbonyl (C=O) groups is 3. The predicted molar refractivity (Wildman–Crippen MR) is 117 cm³/mol. The van der Waals surface area contributed by atoms with Gasteiger partial charge >= 0.3 is 12.1 Å². The Morgan fingerprint density at radius 2 is 1.67 bits per heavy atom. The van der Waals surface area contributed by atoms with Gasteiger partial charge in [0.15, 0.2) is 0 Å². The Morgan fingerprint density at radius 1 is 1.00 bits per heavy atom. The zero-order valence-electron chi connectivity index (χ0n) is 18.6. The summed E-state index contributed by atoms with van der Waals surface area (Å²) in [7, 11) is 0. The fourth-order valence-corrected chi connectivity index (χ4v) is 4.34. The standard InChI is InChI=1S/C22H19FN4O2.C2HF3O2/c23-17-8-2-1-7-16(17)21(28)25-13-19-20(14-25)27(12-15-6-3-4-10-24-15)22(29)18-9-5-11-26(18)19;3-2(4,5)1(6)7/h1-11,19-20H,12-14H2;(H,6,7). The van der Waals surface area contributed by atoms with Crippen LogP contribution in [0.3, 0.4) is 0 Å². The van der Waals surface area contributed by atoms with Crippen LogP contribution in [0.5, 0.6) is 0 Å². The van der Waals surface area contributed by atoms with Crippen molar-refractivity contribution in [2.45, 2.75) is 24.8 Å². The quantitative estimate of drug-likeness (QED) is 0.552. The molecule has 12 heteroatoms. The number of aromatic nitrogens is 2. The Bertz CT molecular complexity index is 1280. The van der Waals surface area contributed by atoms with E-state index in [1.807, 2.05) is 35.0 Å². The Morgan fingerprint density at radius 3 is 2.31 bits per heavy atom. The molecule has 0 saturated carbocycles. The summed E-state index contributed by atoms with van der Waals surface area (Å²) in [6.07, 6.45) is -1.51. The van der Waals surface area contributed by atoms with Gasteiger partial charge in [-0.25, -0.2) is 9.18 Å². The number of pyridine rings is 1. The predicted octanol–water partition coefficient (Wildman–Crippen LogP) is 3.38. The lowest BCUT2D eigenvalue weighted by molar-refractivity contribution is -0.192. The fourth-order valence-electron chi connectivity index (χ4n) is 4.34. The van der Waals surface area contributed by atoms with Crippen LogP contribution >= 0.6 is 0 Å². The van der Waals surface area contributed by atoms with E-state index < -0.39 is 18.0 Å². The van der Waals surface area contributed by atoms with E-state index in [9.17, 15) is 27.2 Å². The van der Waals surface area contributed by atoms with Crippen molar-refractivity contribution < 1.29 is 37.1 Å². The number of fused-ring (bicyclic) bond motifs is 3. The number of aliphatic carboxylic acids is 1. The normalized spacial score (nSPS) is 18.7. The molecule has 4 heterocycles. The molecule has 2 aliphatic rings. The first-order valence-electron chi connectivity index (χ1n) is 10.8. The largest absolute Gasteiger partial charge is 0.490 e. The lowest BCUT2D eigenvalue weighted by Crippen LogP contribution is -2.50. The lowest BCUT2D eigenvalue weighted by Gasteiger charge is -2.37. The Balaban J connectivity index is 0.000000384. The molecule has 1 fully saturated rings. The summed E-state index contributed by atoms with van der Waals surface area (Å²) >= 11 is 0. The van der Waals surface area contributed by atoms with Crippen molar-refractivity contribution >= 4 is 17.8 Å². The van der Waals surface area contributed by atoms with Crippen molar-refractivity contribution in [1.82, 2.24) is 19.4 Å². The van der Waals surface area contributed by atoms with Gasteiger partial charge in [-0.3, -0.25) is 14.6 Å². The second-order valence-corrected chi connectivity index (χ2v) is 8.18. The van der Waals surface area contributed by atoms with Crippen LogP contribution in [0, 0.1) is 5.82 Å². The summed E-state index contributed by atoms with van der Waals surface area (Å²) in [6.45, 7) is 1.15. The van der Waals surface area contributed by atoms with Crippen LogP contribution in [-0.4, -0.2) is 67.5 Å². The van der Waals surface area contributed by atoms with E-state index in [4.69, 9.17) is 9.90 Å². The number of likely N-dealkylation sites (tertiary alicyclic amines) is 1. The fraction of sp³-hybridized carbons (Fsp3) is 0.250. The number of hydrogen-bond donors (Lipinski definition) is 1. The van der Waals surface area contributed by atoms with E-state index in [0.717, 1.165) is 5.69 Å². The number of benzene rings is 1. The number of rotatable bonds is 3. The first-order valence-corrected chi connectivity index (χ1v) is 10.8. The SMILES string of the molecule is O=C(O)C(F)(F)F.O=C(c1ccccc1F)N1CC2C(C1)n1cccc1C(=O)N2Cc1ccccn1. The van der Waals surface area contributed by atoms with E-state index >= 15 is 0 Å². The molecule has 188 valence electrons. The summed E-state index contributed by atoms with van der Waals surface area (Å²) < 4.78 is 47.8. The van der Waals surface area contributed by atoms with Gasteiger partial charge in [0.05, 0.1) is 29.9 Å². The first kappa shape index (κ1) is 24.9. The summed E-state index contributed by atoms with van der Waals surface area (Å²) in [5.41, 5.74) is 1.45. The molecule has 0 aliphatic carbocycles. The maximum Gasteiger partial charge on any atom is 0.490 e. The number of carboxylic acid groups (broad SMARTS) is 1. The highest BCUT2D eigenvalue weighted by atomic mass is 19.4. The van der Waals surface area contributed by atoms with Crippen molar-refractivity contribution in [2.75, 3.05) is 13.1 Å². The van der Waals surface area contributed by atoms with Gasteiger partial charge < -0.3 is 19.5 Å². The number of carboxylic acids is 1. The van der Waals surface area contributed by atoms with Gasteiger partial charge in [-0.1, -0.05) is 18.2 Å². The van der Waals surface area contributed by atoms with Gasteiger partial charge in [0, 0.05) is 25.5 Å². The molecule has 2 atom stereocenters. The van der Waals surface area contributed by atoms with Gasteiger partial charge in [-0.2, -0.15) is 13.2 Å². The average Bonchev–Trinajstić information content (AvgIpc) is 3.50. The number of amides is 2. The molecule has 5 rings (SSSR count).